The van der Waals surface area contributed by atoms with Crippen LogP contribution in [0.2, 0.25) is 0 Å². The molecule has 30 heavy (non-hydrogen) atoms. The normalized spacial score (nSPS) is 27.0. The highest BCUT2D eigenvalue weighted by atomic mass is 32.2. The molecule has 0 spiro atoms. The molecule has 0 aromatic heterocycles. The van der Waals surface area contributed by atoms with Crippen molar-refractivity contribution in [2.75, 3.05) is 13.7 Å². The number of allylic oxidation sites excluding steroid dienone is 2. The molecule has 7 heteroatoms. The van der Waals surface area contributed by atoms with Gasteiger partial charge >= 0.3 is 6.03 Å². The van der Waals surface area contributed by atoms with Crippen LogP contribution >= 0.6 is 11.8 Å². The zero-order valence-corrected chi connectivity index (χ0v) is 18.0. The lowest BCUT2D eigenvalue weighted by Crippen LogP contribution is -2.53. The average molecular weight is 426 g/mol. The van der Waals surface area contributed by atoms with Gasteiger partial charge < -0.3 is 15.0 Å². The molecule has 3 heterocycles. The first-order valence-electron chi connectivity index (χ1n) is 9.73. The molecular formula is C23H27N3O3S. The second-order valence-corrected chi connectivity index (χ2v) is 9.10. The Labute approximate surface area is 183 Å². The minimum atomic E-state index is -1.35. The third-order valence-corrected chi connectivity index (χ3v) is 6.95. The molecule has 3 aliphatic heterocycles. The Kier molecular flexibility index (Phi) is 5.15. The van der Waals surface area contributed by atoms with Crippen molar-refractivity contribution in [2.45, 2.75) is 31.2 Å². The van der Waals surface area contributed by atoms with Gasteiger partial charge in [-0.25, -0.2) is 4.79 Å². The van der Waals surface area contributed by atoms with Crippen molar-refractivity contribution in [3.8, 4) is 17.6 Å². The first-order chi connectivity index (χ1) is 14.3. The number of urea groups is 1. The minimum absolute atomic E-state index is 0. The van der Waals surface area contributed by atoms with Gasteiger partial charge in [0.15, 0.2) is 0 Å². The summed E-state index contributed by atoms with van der Waals surface area (Å²) in [5.74, 6) is 6.91. The summed E-state index contributed by atoms with van der Waals surface area (Å²) in [5.41, 5.74) is 4.42. The van der Waals surface area contributed by atoms with Crippen LogP contribution in [0.3, 0.4) is 0 Å². The maximum Gasteiger partial charge on any atom is 0.323 e. The topological polar surface area (TPSA) is 70.7 Å². The van der Waals surface area contributed by atoms with Gasteiger partial charge in [0.25, 0.3) is 5.91 Å². The predicted octanol–water partition coefficient (Wildman–Crippen LogP) is 3.37. The zero-order chi connectivity index (χ0) is 21.5. The van der Waals surface area contributed by atoms with Gasteiger partial charge in [-0.1, -0.05) is 44.4 Å². The van der Waals surface area contributed by atoms with Gasteiger partial charge in [0, 0.05) is 20.2 Å². The summed E-state index contributed by atoms with van der Waals surface area (Å²) in [6, 6.07) is 5.28. The van der Waals surface area contributed by atoms with Crippen LogP contribution in [-0.4, -0.2) is 41.3 Å². The number of thioether (sulfide) groups is 1. The van der Waals surface area contributed by atoms with Gasteiger partial charge in [-0.05, 0) is 23.6 Å². The van der Waals surface area contributed by atoms with Gasteiger partial charge in [0.2, 0.25) is 5.54 Å². The van der Waals surface area contributed by atoms with Crippen molar-refractivity contribution in [1.82, 2.24) is 15.5 Å². The standard InChI is InChI=1S/C23H23N3O3S.2H2/c1-5-20-19-11-17(29-4)7-6-16(19)12-26(20)13-23(21(27)24-22(28)25-23)9-8-18-10-14(2)15(3)30-18;;/h6-7,10-11,14-15H,1,12-13H2,2-4H3,(H2,24,25,27,28);2*1H/t14?,15?,23-;;/m1../s1. The molecule has 158 valence electrons. The van der Waals surface area contributed by atoms with E-state index in [0.717, 1.165) is 27.5 Å². The SMILES string of the molecule is C=C=C1c2cc(OC)ccc2CN1C[C@@]1(C#CC2=CC(C)C(C)S2)NC(=O)NC1=O.[HH].[HH]. The molecule has 1 aromatic carbocycles. The van der Waals surface area contributed by atoms with Crippen molar-refractivity contribution in [3.63, 3.8) is 0 Å². The van der Waals surface area contributed by atoms with Crippen molar-refractivity contribution in [2.24, 2.45) is 5.92 Å². The van der Waals surface area contributed by atoms with Crippen LogP contribution in [0.15, 0.2) is 41.5 Å². The summed E-state index contributed by atoms with van der Waals surface area (Å²) in [6.07, 6.45) is 2.11. The van der Waals surface area contributed by atoms with Crippen LogP contribution in [0, 0.1) is 17.8 Å². The van der Waals surface area contributed by atoms with E-state index in [1.807, 2.05) is 23.1 Å². The molecular weight excluding hydrogens is 398 g/mol. The molecule has 1 fully saturated rings. The van der Waals surface area contributed by atoms with Crippen LogP contribution < -0.4 is 15.4 Å². The molecule has 3 amide bonds. The van der Waals surface area contributed by atoms with Gasteiger partial charge in [-0.3, -0.25) is 10.1 Å². The van der Waals surface area contributed by atoms with Gasteiger partial charge in [0.05, 0.1) is 24.3 Å². The van der Waals surface area contributed by atoms with Gasteiger partial charge in [-0.15, -0.1) is 17.5 Å². The van der Waals surface area contributed by atoms with E-state index in [1.165, 1.54) is 0 Å². The summed E-state index contributed by atoms with van der Waals surface area (Å²) < 4.78 is 5.33. The lowest BCUT2D eigenvalue weighted by molar-refractivity contribution is -0.122. The maximum absolute atomic E-state index is 12.8. The van der Waals surface area contributed by atoms with Crippen LogP contribution in [0.25, 0.3) is 5.70 Å². The second kappa shape index (κ2) is 7.64. The largest absolute Gasteiger partial charge is 0.497 e. The summed E-state index contributed by atoms with van der Waals surface area (Å²) in [6.45, 7) is 8.87. The third-order valence-electron chi connectivity index (χ3n) is 5.65. The van der Waals surface area contributed by atoms with E-state index in [0.29, 0.717) is 17.7 Å². The van der Waals surface area contributed by atoms with Crippen LogP contribution in [0.1, 0.15) is 27.8 Å². The molecule has 6 nitrogen and oxygen atoms in total. The first-order valence-corrected chi connectivity index (χ1v) is 10.6. The molecule has 1 aromatic rings. The van der Waals surface area contributed by atoms with Crippen LogP contribution in [0.4, 0.5) is 4.79 Å². The molecule has 3 aliphatic rings. The van der Waals surface area contributed by atoms with Gasteiger partial charge in [-0.2, -0.15) is 0 Å². The average Bonchev–Trinajstić information content (AvgIpc) is 3.32. The summed E-state index contributed by atoms with van der Waals surface area (Å²) in [4.78, 5) is 27.7. The minimum Gasteiger partial charge on any atom is -0.497 e. The Morgan fingerprint density at radius 2 is 2.20 bits per heavy atom. The van der Waals surface area contributed by atoms with E-state index in [2.05, 4.69) is 54.7 Å². The monoisotopic (exact) mass is 425 g/mol. The number of methoxy groups -OCH3 is 1. The Morgan fingerprint density at radius 3 is 2.80 bits per heavy atom. The Hall–Kier alpha value is -3.07. The molecule has 0 bridgehead atoms. The molecule has 0 radical (unpaired) electrons. The molecule has 0 aliphatic carbocycles. The lowest BCUT2D eigenvalue weighted by Gasteiger charge is -2.28. The Bertz CT molecular complexity index is 1090. The Balaban J connectivity index is 0.00000181. The molecule has 2 N–H and O–H groups in total. The van der Waals surface area contributed by atoms with E-state index in [9.17, 15) is 9.59 Å². The highest BCUT2D eigenvalue weighted by molar-refractivity contribution is 8.04. The fourth-order valence-corrected chi connectivity index (χ4v) is 4.91. The number of ether oxygens (including phenoxy) is 1. The number of imide groups is 1. The number of amides is 3. The van der Waals surface area contributed by atoms with Crippen molar-refractivity contribution >= 4 is 29.4 Å². The molecule has 4 rings (SSSR count). The maximum atomic E-state index is 12.8. The van der Waals surface area contributed by atoms with E-state index in [-0.39, 0.29) is 9.40 Å². The van der Waals surface area contributed by atoms with Crippen molar-refractivity contribution < 1.29 is 17.2 Å². The number of hydrogen-bond acceptors (Lipinski definition) is 5. The molecule has 2 unspecified atom stereocenters. The fourth-order valence-electron chi connectivity index (χ4n) is 3.82. The molecule has 1 saturated heterocycles. The van der Waals surface area contributed by atoms with Crippen molar-refractivity contribution in [3.05, 3.63) is 52.6 Å². The fraction of sp³-hybridized carbons (Fsp3) is 0.348. The van der Waals surface area contributed by atoms with Crippen LogP contribution in [-0.2, 0) is 11.3 Å². The van der Waals surface area contributed by atoms with Crippen LogP contribution in [0.5, 0.6) is 5.75 Å². The van der Waals surface area contributed by atoms with Crippen molar-refractivity contribution in [1.29, 1.82) is 0 Å². The second-order valence-electron chi connectivity index (χ2n) is 7.68. The quantitative estimate of drug-likeness (QED) is 0.441. The van der Waals surface area contributed by atoms with Gasteiger partial charge in [0.1, 0.15) is 5.75 Å². The van der Waals surface area contributed by atoms with E-state index in [4.69, 9.17) is 4.74 Å². The molecule has 0 saturated carbocycles. The third kappa shape index (κ3) is 3.49. The highest BCUT2D eigenvalue weighted by Crippen LogP contribution is 2.37. The van der Waals surface area contributed by atoms with E-state index in [1.54, 1.807) is 18.9 Å². The number of nitrogens with one attached hydrogen (secondary N) is 2. The number of nitrogens with zero attached hydrogens (tertiary/aromatic N) is 1. The zero-order valence-electron chi connectivity index (χ0n) is 17.2. The number of hydrogen-bond donors (Lipinski definition) is 2. The summed E-state index contributed by atoms with van der Waals surface area (Å²) in [5, 5.41) is 5.52. The lowest BCUT2D eigenvalue weighted by atomic mass is 9.99. The summed E-state index contributed by atoms with van der Waals surface area (Å²) in [7, 11) is 1.62. The number of carbonyl (C=O) groups is 2. The Morgan fingerprint density at radius 1 is 1.40 bits per heavy atom. The number of rotatable bonds is 3. The highest BCUT2D eigenvalue weighted by Gasteiger charge is 2.47. The first kappa shape index (κ1) is 20.2. The van der Waals surface area contributed by atoms with E-state index >= 15 is 0 Å². The molecule has 3 atom stereocenters. The summed E-state index contributed by atoms with van der Waals surface area (Å²) >= 11 is 1.69. The predicted molar refractivity (Wildman–Crippen MR) is 122 cm³/mol. The number of fused-ring (bicyclic) bond motifs is 1. The number of benzene rings is 1. The smallest absolute Gasteiger partial charge is 0.323 e. The van der Waals surface area contributed by atoms with E-state index < -0.39 is 17.5 Å². The number of carbonyl (C=O) groups excluding carboxylic acids is 2.